The predicted molar refractivity (Wildman–Crippen MR) is 77.7 cm³/mol. The van der Waals surface area contributed by atoms with E-state index in [0.717, 1.165) is 43.4 Å². The van der Waals surface area contributed by atoms with Crippen molar-refractivity contribution in [2.75, 3.05) is 13.1 Å². The summed E-state index contributed by atoms with van der Waals surface area (Å²) in [6.45, 7) is 7.44. The lowest BCUT2D eigenvalue weighted by atomic mass is 10.0. The first-order chi connectivity index (χ1) is 9.56. The zero-order valence-corrected chi connectivity index (χ0v) is 11.9. The summed E-state index contributed by atoms with van der Waals surface area (Å²) in [6.07, 6.45) is 3.28. The van der Waals surface area contributed by atoms with Crippen LogP contribution in [-0.4, -0.2) is 33.6 Å². The molecule has 1 N–H and O–H groups in total. The van der Waals surface area contributed by atoms with E-state index < -0.39 is 5.97 Å². The molecule has 0 spiro atoms. The molecular formula is C15H20N2O3. The number of fused-ring (bicyclic) bond motifs is 1. The van der Waals surface area contributed by atoms with Gasteiger partial charge in [0.25, 0.3) is 5.56 Å². The molecule has 2 heterocycles. The molecule has 0 saturated heterocycles. The molecule has 0 bridgehead atoms. The lowest BCUT2D eigenvalue weighted by molar-refractivity contribution is -0.131. The van der Waals surface area contributed by atoms with Gasteiger partial charge in [-0.3, -0.25) is 9.69 Å². The molecule has 5 heteroatoms. The Bertz CT molecular complexity index is 602. The largest absolute Gasteiger partial charge is 0.478 e. The van der Waals surface area contributed by atoms with Gasteiger partial charge in [-0.1, -0.05) is 6.92 Å². The average Bonchev–Trinajstić information content (AvgIpc) is 2.44. The van der Waals surface area contributed by atoms with E-state index in [1.165, 1.54) is 6.08 Å². The van der Waals surface area contributed by atoms with E-state index in [9.17, 15) is 9.59 Å². The average molecular weight is 276 g/mol. The normalized spacial score (nSPS) is 15.5. The van der Waals surface area contributed by atoms with Crippen LogP contribution in [0.2, 0.25) is 0 Å². The molecule has 1 aliphatic rings. The van der Waals surface area contributed by atoms with Crippen molar-refractivity contribution in [3.05, 3.63) is 39.3 Å². The van der Waals surface area contributed by atoms with Crippen LogP contribution in [0.4, 0.5) is 0 Å². The van der Waals surface area contributed by atoms with Gasteiger partial charge in [0.1, 0.15) is 0 Å². The second kappa shape index (κ2) is 6.05. The number of pyridine rings is 1. The molecule has 5 nitrogen and oxygen atoms in total. The third-order valence-electron chi connectivity index (χ3n) is 3.75. The van der Waals surface area contributed by atoms with Crippen LogP contribution in [0.3, 0.4) is 0 Å². The summed E-state index contributed by atoms with van der Waals surface area (Å²) in [5.41, 5.74) is 2.57. The molecule has 0 atom stereocenters. The Morgan fingerprint density at radius 3 is 2.75 bits per heavy atom. The fourth-order valence-electron chi connectivity index (χ4n) is 2.69. The van der Waals surface area contributed by atoms with Gasteiger partial charge in [-0.25, -0.2) is 4.79 Å². The monoisotopic (exact) mass is 276 g/mol. The summed E-state index contributed by atoms with van der Waals surface area (Å²) < 4.78 is 1.77. The second-order valence-corrected chi connectivity index (χ2v) is 4.91. The number of carboxylic acid groups (broad SMARTS) is 1. The molecule has 1 aromatic heterocycles. The Morgan fingerprint density at radius 1 is 1.40 bits per heavy atom. The third kappa shape index (κ3) is 2.82. The first kappa shape index (κ1) is 14.5. The van der Waals surface area contributed by atoms with Gasteiger partial charge in [0.2, 0.25) is 0 Å². The molecule has 0 saturated carbocycles. The van der Waals surface area contributed by atoms with Gasteiger partial charge in [-0.2, -0.15) is 0 Å². The highest BCUT2D eigenvalue weighted by molar-refractivity contribution is 5.85. The number of hydrogen-bond donors (Lipinski definition) is 1. The molecule has 0 fully saturated rings. The number of carbonyl (C=O) groups is 1. The van der Waals surface area contributed by atoms with Crippen LogP contribution in [0.15, 0.2) is 16.9 Å². The number of likely N-dealkylation sites (N-methyl/N-ethyl adjacent to an activating group) is 1. The number of carboxylic acids is 1. The van der Waals surface area contributed by atoms with Crippen molar-refractivity contribution >= 4 is 12.0 Å². The Morgan fingerprint density at radius 2 is 2.15 bits per heavy atom. The molecule has 0 amide bonds. The Labute approximate surface area is 118 Å². The molecule has 1 aliphatic heterocycles. The summed E-state index contributed by atoms with van der Waals surface area (Å²) >= 11 is 0. The van der Waals surface area contributed by atoms with Crippen molar-refractivity contribution in [2.45, 2.75) is 33.4 Å². The van der Waals surface area contributed by atoms with E-state index in [1.807, 2.05) is 13.0 Å². The zero-order chi connectivity index (χ0) is 14.7. The topological polar surface area (TPSA) is 62.5 Å². The third-order valence-corrected chi connectivity index (χ3v) is 3.75. The second-order valence-electron chi connectivity index (χ2n) is 4.91. The van der Waals surface area contributed by atoms with Gasteiger partial charge in [0.05, 0.1) is 0 Å². The van der Waals surface area contributed by atoms with Gasteiger partial charge < -0.3 is 9.67 Å². The molecule has 1 aromatic rings. The summed E-state index contributed by atoms with van der Waals surface area (Å²) in [7, 11) is 0. The van der Waals surface area contributed by atoms with E-state index in [1.54, 1.807) is 4.57 Å². The Balaban J connectivity index is 2.51. The number of hydrogen-bond acceptors (Lipinski definition) is 3. The molecule has 2 rings (SSSR count). The van der Waals surface area contributed by atoms with Gasteiger partial charge in [-0.05, 0) is 31.2 Å². The first-order valence-corrected chi connectivity index (χ1v) is 6.95. The van der Waals surface area contributed by atoms with Crippen molar-refractivity contribution < 1.29 is 9.90 Å². The Kier molecular flexibility index (Phi) is 4.39. The molecule has 0 radical (unpaired) electrons. The van der Waals surface area contributed by atoms with Crippen LogP contribution >= 0.6 is 0 Å². The molecule has 0 unspecified atom stereocenters. The molecular weight excluding hydrogens is 256 g/mol. The van der Waals surface area contributed by atoms with Crippen LogP contribution in [0.1, 0.15) is 30.7 Å². The van der Waals surface area contributed by atoms with Crippen molar-refractivity contribution in [1.82, 2.24) is 9.47 Å². The fraction of sp³-hybridized carbons (Fsp3) is 0.467. The quantitative estimate of drug-likeness (QED) is 0.843. The van der Waals surface area contributed by atoms with Crippen molar-refractivity contribution in [2.24, 2.45) is 0 Å². The van der Waals surface area contributed by atoms with Crippen molar-refractivity contribution in [3.8, 4) is 0 Å². The minimum atomic E-state index is -1.04. The van der Waals surface area contributed by atoms with Crippen LogP contribution in [0.25, 0.3) is 6.08 Å². The smallest absolute Gasteiger partial charge is 0.328 e. The van der Waals surface area contributed by atoms with Gasteiger partial charge >= 0.3 is 5.97 Å². The molecule has 108 valence electrons. The Hall–Kier alpha value is -1.88. The van der Waals surface area contributed by atoms with Crippen LogP contribution < -0.4 is 5.56 Å². The van der Waals surface area contributed by atoms with E-state index in [-0.39, 0.29) is 5.56 Å². The summed E-state index contributed by atoms with van der Waals surface area (Å²) in [6, 6.07) is 1.84. The van der Waals surface area contributed by atoms with Crippen LogP contribution in [0.5, 0.6) is 0 Å². The predicted octanol–water partition coefficient (Wildman–Crippen LogP) is 1.34. The van der Waals surface area contributed by atoms with Crippen molar-refractivity contribution in [1.29, 1.82) is 0 Å². The molecule has 0 aromatic carbocycles. The number of aromatic nitrogens is 1. The van der Waals surface area contributed by atoms with Gasteiger partial charge in [0.15, 0.2) is 0 Å². The van der Waals surface area contributed by atoms with Crippen molar-refractivity contribution in [3.63, 3.8) is 0 Å². The lowest BCUT2D eigenvalue weighted by Gasteiger charge is -2.29. The zero-order valence-electron chi connectivity index (χ0n) is 11.9. The highest BCUT2D eigenvalue weighted by Gasteiger charge is 2.19. The number of rotatable bonds is 4. The maximum absolute atomic E-state index is 12.3. The van der Waals surface area contributed by atoms with Crippen LogP contribution in [-0.2, 0) is 24.3 Å². The summed E-state index contributed by atoms with van der Waals surface area (Å²) in [5, 5.41) is 8.71. The van der Waals surface area contributed by atoms with Gasteiger partial charge in [-0.15, -0.1) is 0 Å². The standard InChI is InChI=1S/C15H20N2O3/c1-3-16-8-7-13-12(10-16)9-11(5-6-14(18)19)15(20)17(13)4-2/h5-6,9H,3-4,7-8,10H2,1-2H3,(H,18,19)/b6-5+. The SMILES string of the molecule is CCN1CCc2c(cc(/C=C/C(=O)O)c(=O)n2CC)C1. The highest BCUT2D eigenvalue weighted by atomic mass is 16.4. The summed E-state index contributed by atoms with van der Waals surface area (Å²) in [4.78, 5) is 25.3. The maximum atomic E-state index is 12.3. The van der Waals surface area contributed by atoms with Crippen LogP contribution in [0, 0.1) is 0 Å². The molecule has 0 aliphatic carbocycles. The van der Waals surface area contributed by atoms with E-state index in [4.69, 9.17) is 5.11 Å². The highest BCUT2D eigenvalue weighted by Crippen LogP contribution is 2.19. The maximum Gasteiger partial charge on any atom is 0.328 e. The molecule has 20 heavy (non-hydrogen) atoms. The number of aliphatic carboxylic acids is 1. The van der Waals surface area contributed by atoms with E-state index in [2.05, 4.69) is 11.8 Å². The number of nitrogens with zero attached hydrogens (tertiary/aromatic N) is 2. The van der Waals surface area contributed by atoms with E-state index in [0.29, 0.717) is 12.1 Å². The first-order valence-electron chi connectivity index (χ1n) is 6.95. The lowest BCUT2D eigenvalue weighted by Crippen LogP contribution is -2.36. The minimum absolute atomic E-state index is 0.103. The summed E-state index contributed by atoms with van der Waals surface area (Å²) in [5.74, 6) is -1.04. The van der Waals surface area contributed by atoms with Gasteiger partial charge in [0, 0.05) is 43.4 Å². The minimum Gasteiger partial charge on any atom is -0.478 e. The fourth-order valence-corrected chi connectivity index (χ4v) is 2.69. The van der Waals surface area contributed by atoms with E-state index >= 15 is 0 Å².